The lowest BCUT2D eigenvalue weighted by Gasteiger charge is -2.51. The molecule has 0 saturated carbocycles. The van der Waals surface area contributed by atoms with Gasteiger partial charge in [0.05, 0.1) is 23.9 Å². The average Bonchev–Trinajstić information content (AvgIpc) is 3.24. The number of rotatable bonds is 5. The van der Waals surface area contributed by atoms with Crippen molar-refractivity contribution in [1.29, 1.82) is 0 Å². The molecule has 0 radical (unpaired) electrons. The van der Waals surface area contributed by atoms with E-state index in [1.165, 1.54) is 0 Å². The van der Waals surface area contributed by atoms with E-state index in [2.05, 4.69) is 12.2 Å². The first-order valence-corrected chi connectivity index (χ1v) is 11.3. The van der Waals surface area contributed by atoms with Gasteiger partial charge in [-0.25, -0.2) is 0 Å². The molecule has 4 nitrogen and oxygen atoms in total. The lowest BCUT2D eigenvalue weighted by molar-refractivity contribution is -0.159. The highest BCUT2D eigenvalue weighted by Crippen LogP contribution is 2.52. The average molecular weight is 458 g/mol. The summed E-state index contributed by atoms with van der Waals surface area (Å²) in [5, 5.41) is 10.8. The first-order chi connectivity index (χ1) is 14.8. The number of allylic oxidation sites excluding steroid dienone is 1. The van der Waals surface area contributed by atoms with Gasteiger partial charge in [0, 0.05) is 16.0 Å². The monoisotopic (exact) mass is 457 g/mol. The number of carboxylic acids is 1. The fourth-order valence-corrected chi connectivity index (χ4v) is 5.42. The number of hydrogen-bond donors (Lipinski definition) is 1. The maximum Gasteiger partial charge on any atom is 0.304 e. The Morgan fingerprint density at radius 1 is 1.13 bits per heavy atom. The van der Waals surface area contributed by atoms with E-state index < -0.39 is 11.4 Å². The van der Waals surface area contributed by atoms with E-state index in [1.807, 2.05) is 53.4 Å². The first kappa shape index (κ1) is 21.9. The Labute approximate surface area is 192 Å². The molecule has 1 unspecified atom stereocenters. The summed E-state index contributed by atoms with van der Waals surface area (Å²) in [7, 11) is 0. The van der Waals surface area contributed by atoms with Gasteiger partial charge in [-0.05, 0) is 54.7 Å². The molecule has 4 rings (SSSR count). The second-order valence-electron chi connectivity index (χ2n) is 8.78. The van der Waals surface area contributed by atoms with E-state index in [-0.39, 0.29) is 30.3 Å². The number of likely N-dealkylation sites (tertiary alicyclic amines) is 1. The number of amides is 1. The van der Waals surface area contributed by atoms with Crippen LogP contribution in [0.3, 0.4) is 0 Å². The maximum atomic E-state index is 13.8. The van der Waals surface area contributed by atoms with Crippen LogP contribution in [0.2, 0.25) is 10.0 Å². The Morgan fingerprint density at radius 3 is 2.48 bits per heavy atom. The van der Waals surface area contributed by atoms with E-state index in [9.17, 15) is 14.7 Å². The minimum atomic E-state index is -1.00. The van der Waals surface area contributed by atoms with Crippen LogP contribution in [0, 0.1) is 5.41 Å². The second-order valence-corrected chi connectivity index (χ2v) is 9.65. The van der Waals surface area contributed by atoms with E-state index in [4.69, 9.17) is 23.2 Å². The lowest BCUT2D eigenvalue weighted by Crippen LogP contribution is -2.55. The van der Waals surface area contributed by atoms with Crippen molar-refractivity contribution in [2.75, 3.05) is 0 Å². The summed E-state index contributed by atoms with van der Waals surface area (Å²) < 4.78 is 0. The van der Waals surface area contributed by atoms with E-state index in [0.29, 0.717) is 16.5 Å². The molecular weight excluding hydrogens is 433 g/mol. The molecule has 2 aromatic carbocycles. The van der Waals surface area contributed by atoms with Gasteiger partial charge in [-0.15, -0.1) is 0 Å². The summed E-state index contributed by atoms with van der Waals surface area (Å²) in [4.78, 5) is 27.5. The topological polar surface area (TPSA) is 57.6 Å². The van der Waals surface area contributed by atoms with E-state index in [1.54, 1.807) is 6.92 Å². The van der Waals surface area contributed by atoms with E-state index >= 15 is 0 Å². The van der Waals surface area contributed by atoms with Gasteiger partial charge in [0.2, 0.25) is 5.91 Å². The Morgan fingerprint density at radius 2 is 1.87 bits per heavy atom. The second kappa shape index (κ2) is 8.68. The van der Waals surface area contributed by atoms with Gasteiger partial charge in [-0.2, -0.15) is 0 Å². The fraction of sp³-hybridized carbons (Fsp3) is 0.360. The predicted molar refractivity (Wildman–Crippen MR) is 122 cm³/mol. The Hall–Kier alpha value is -2.30. The third-order valence-corrected chi connectivity index (χ3v) is 6.96. The highest BCUT2D eigenvalue weighted by Gasteiger charge is 2.52. The van der Waals surface area contributed by atoms with Gasteiger partial charge in [-0.3, -0.25) is 9.59 Å². The van der Waals surface area contributed by atoms with Gasteiger partial charge in [0.1, 0.15) is 0 Å². The van der Waals surface area contributed by atoms with Crippen LogP contribution in [0.5, 0.6) is 0 Å². The van der Waals surface area contributed by atoms with Crippen molar-refractivity contribution in [3.63, 3.8) is 0 Å². The third kappa shape index (κ3) is 4.37. The minimum absolute atomic E-state index is 0.0664. The third-order valence-electron chi connectivity index (χ3n) is 6.48. The standard InChI is InChI=1S/C25H25Cl2NO3/c1-25(15-22(29)30)14-21(17-5-4-6-19(27)13-17)23(16-9-11-18(26)12-10-16)28(24(25)31)20-7-2-3-8-20/h2,4-7,9-13,20-21,23H,3,8,14-15H2,1H3,(H,29,30)/t20?,21-,23-,25+/m1/s1. The highest BCUT2D eigenvalue weighted by atomic mass is 35.5. The van der Waals surface area contributed by atoms with Crippen molar-refractivity contribution < 1.29 is 14.7 Å². The first-order valence-electron chi connectivity index (χ1n) is 10.5. The Bertz CT molecular complexity index is 1020. The molecule has 1 aliphatic carbocycles. The number of halogens is 2. The molecular formula is C25H25Cl2NO3. The maximum absolute atomic E-state index is 13.8. The van der Waals surface area contributed by atoms with Crippen molar-refractivity contribution in [1.82, 2.24) is 4.90 Å². The molecule has 2 aromatic rings. The van der Waals surface area contributed by atoms with Crippen LogP contribution in [0.4, 0.5) is 0 Å². The molecule has 1 N–H and O–H groups in total. The van der Waals surface area contributed by atoms with Crippen molar-refractivity contribution >= 4 is 35.1 Å². The largest absolute Gasteiger partial charge is 0.481 e. The molecule has 1 amide bonds. The molecule has 6 heteroatoms. The van der Waals surface area contributed by atoms with Crippen LogP contribution >= 0.6 is 23.2 Å². The molecule has 0 bridgehead atoms. The summed E-state index contributed by atoms with van der Waals surface area (Å²) in [5.74, 6) is -1.17. The number of carbonyl (C=O) groups is 2. The van der Waals surface area contributed by atoms with Crippen LogP contribution < -0.4 is 0 Å². The number of carbonyl (C=O) groups excluding carboxylic acids is 1. The van der Waals surface area contributed by atoms with Crippen LogP contribution in [0.1, 0.15) is 55.7 Å². The molecule has 1 fully saturated rings. The van der Waals surface area contributed by atoms with Crippen molar-refractivity contribution in [2.45, 2.75) is 50.6 Å². The van der Waals surface area contributed by atoms with Gasteiger partial charge in [0.25, 0.3) is 0 Å². The summed E-state index contributed by atoms with van der Waals surface area (Å²) in [6, 6.07) is 15.0. The summed E-state index contributed by atoms with van der Waals surface area (Å²) in [6.45, 7) is 1.78. The Balaban J connectivity index is 1.88. The van der Waals surface area contributed by atoms with Crippen molar-refractivity contribution in [3.05, 3.63) is 81.9 Å². The molecule has 162 valence electrons. The number of benzene rings is 2. The molecule has 31 heavy (non-hydrogen) atoms. The molecule has 0 spiro atoms. The summed E-state index contributed by atoms with van der Waals surface area (Å²) in [5.41, 5.74) is 0.988. The number of nitrogens with zero attached hydrogens (tertiary/aromatic N) is 1. The number of hydrogen-bond acceptors (Lipinski definition) is 2. The van der Waals surface area contributed by atoms with Crippen molar-refractivity contribution in [3.8, 4) is 0 Å². The van der Waals surface area contributed by atoms with Gasteiger partial charge < -0.3 is 10.0 Å². The molecule has 0 aromatic heterocycles. The minimum Gasteiger partial charge on any atom is -0.481 e. The molecule has 1 aliphatic heterocycles. The molecule has 2 aliphatic rings. The SMILES string of the molecule is C[C@@]1(CC(=O)O)C[C@H](c2cccc(Cl)c2)[C@@H](c2ccc(Cl)cc2)N(C2C=CCC2)C1=O. The molecule has 4 atom stereocenters. The summed E-state index contributed by atoms with van der Waals surface area (Å²) >= 11 is 12.5. The predicted octanol–water partition coefficient (Wildman–Crippen LogP) is 6.25. The number of carboxylic acid groups (broad SMARTS) is 1. The number of piperidine rings is 1. The van der Waals surface area contributed by atoms with Gasteiger partial charge in [0.15, 0.2) is 0 Å². The number of aliphatic carboxylic acids is 1. The summed E-state index contributed by atoms with van der Waals surface area (Å²) in [6.07, 6.45) is 6.12. The Kier molecular flexibility index (Phi) is 6.14. The van der Waals surface area contributed by atoms with Crippen LogP contribution in [-0.4, -0.2) is 27.9 Å². The normalized spacial score (nSPS) is 28.2. The fourth-order valence-electron chi connectivity index (χ4n) is 5.09. The van der Waals surface area contributed by atoms with Crippen LogP contribution in [-0.2, 0) is 9.59 Å². The zero-order chi connectivity index (χ0) is 22.2. The van der Waals surface area contributed by atoms with Gasteiger partial charge in [-0.1, -0.05) is 66.5 Å². The van der Waals surface area contributed by atoms with Crippen LogP contribution in [0.15, 0.2) is 60.7 Å². The molecule has 1 saturated heterocycles. The smallest absolute Gasteiger partial charge is 0.304 e. The van der Waals surface area contributed by atoms with Crippen molar-refractivity contribution in [2.24, 2.45) is 5.41 Å². The zero-order valence-corrected chi connectivity index (χ0v) is 18.8. The zero-order valence-electron chi connectivity index (χ0n) is 17.3. The molecule has 1 heterocycles. The lowest BCUT2D eigenvalue weighted by atomic mass is 9.67. The highest BCUT2D eigenvalue weighted by molar-refractivity contribution is 6.30. The van der Waals surface area contributed by atoms with Gasteiger partial charge >= 0.3 is 5.97 Å². The van der Waals surface area contributed by atoms with E-state index in [0.717, 1.165) is 24.0 Å². The van der Waals surface area contributed by atoms with Crippen LogP contribution in [0.25, 0.3) is 0 Å². The quantitative estimate of drug-likeness (QED) is 0.539.